The Bertz CT molecular complexity index is 1140. The molecule has 0 amide bonds. The van der Waals surface area contributed by atoms with Crippen LogP contribution in [-0.2, 0) is 17.9 Å². The van der Waals surface area contributed by atoms with E-state index in [1.807, 2.05) is 19.9 Å². The molecule has 6 nitrogen and oxygen atoms in total. The van der Waals surface area contributed by atoms with Crippen molar-refractivity contribution in [1.29, 1.82) is 0 Å². The molecule has 0 aliphatic carbocycles. The first-order chi connectivity index (χ1) is 16.9. The van der Waals surface area contributed by atoms with Crippen molar-refractivity contribution in [2.75, 3.05) is 31.1 Å². The Morgan fingerprint density at radius 2 is 1.66 bits per heavy atom. The van der Waals surface area contributed by atoms with E-state index >= 15 is 0 Å². The maximum absolute atomic E-state index is 12.5. The minimum atomic E-state index is -0.313. The fourth-order valence-electron chi connectivity index (χ4n) is 4.17. The largest absolute Gasteiger partial charge is 0.489 e. The van der Waals surface area contributed by atoms with Gasteiger partial charge in [0.25, 0.3) is 0 Å². The predicted molar refractivity (Wildman–Crippen MR) is 139 cm³/mol. The van der Waals surface area contributed by atoms with Crippen molar-refractivity contribution in [3.63, 3.8) is 0 Å². The number of carbonyl (C=O) groups excluding carboxylic acids is 1. The number of benzene rings is 2. The number of aryl methyl sites for hydroxylation is 2. The second-order valence-electron chi connectivity index (χ2n) is 9.44. The van der Waals surface area contributed by atoms with Gasteiger partial charge in [-0.3, -0.25) is 4.90 Å². The Morgan fingerprint density at radius 1 is 0.943 bits per heavy atom. The first kappa shape index (κ1) is 24.7. The van der Waals surface area contributed by atoms with Gasteiger partial charge in [0, 0.05) is 38.9 Å². The zero-order valence-electron chi connectivity index (χ0n) is 21.2. The number of ether oxygens (including phenoxy) is 2. The SMILES string of the molecule is Cc1ccc(OCc2ccc(CN3CCN(c4ncccc4C(=O)OC(C)C)CC3)cc2)cc1C. The quantitative estimate of drug-likeness (QED) is 0.421. The van der Waals surface area contributed by atoms with E-state index in [1.165, 1.54) is 16.7 Å². The molecule has 6 heteroatoms. The van der Waals surface area contributed by atoms with Gasteiger partial charge in [-0.05, 0) is 74.2 Å². The van der Waals surface area contributed by atoms with Gasteiger partial charge in [0.15, 0.2) is 0 Å². The monoisotopic (exact) mass is 473 g/mol. The van der Waals surface area contributed by atoms with Crippen LogP contribution in [0.4, 0.5) is 5.82 Å². The predicted octanol–water partition coefficient (Wildman–Crippen LogP) is 5.16. The van der Waals surface area contributed by atoms with Gasteiger partial charge in [-0.1, -0.05) is 30.3 Å². The summed E-state index contributed by atoms with van der Waals surface area (Å²) in [7, 11) is 0. The lowest BCUT2D eigenvalue weighted by Gasteiger charge is -2.36. The molecule has 2 heterocycles. The Labute approximate surface area is 208 Å². The van der Waals surface area contributed by atoms with Gasteiger partial charge in [0.2, 0.25) is 0 Å². The van der Waals surface area contributed by atoms with E-state index < -0.39 is 0 Å². The van der Waals surface area contributed by atoms with Crippen molar-refractivity contribution in [3.05, 3.63) is 88.6 Å². The molecule has 2 aromatic carbocycles. The van der Waals surface area contributed by atoms with Crippen LogP contribution in [0.3, 0.4) is 0 Å². The summed E-state index contributed by atoms with van der Waals surface area (Å²) in [6, 6.07) is 18.5. The molecule has 35 heavy (non-hydrogen) atoms. The van der Waals surface area contributed by atoms with Crippen LogP contribution in [0.2, 0.25) is 0 Å². The molecule has 0 unspecified atom stereocenters. The molecule has 0 N–H and O–H groups in total. The minimum absolute atomic E-state index is 0.155. The minimum Gasteiger partial charge on any atom is -0.489 e. The average Bonchev–Trinajstić information content (AvgIpc) is 2.86. The van der Waals surface area contributed by atoms with Gasteiger partial charge in [-0.25, -0.2) is 9.78 Å². The van der Waals surface area contributed by atoms with Gasteiger partial charge in [0.05, 0.1) is 6.10 Å². The summed E-state index contributed by atoms with van der Waals surface area (Å²) in [4.78, 5) is 21.6. The van der Waals surface area contributed by atoms with E-state index in [-0.39, 0.29) is 12.1 Å². The molecule has 0 bridgehead atoms. The number of anilines is 1. The first-order valence-corrected chi connectivity index (χ1v) is 12.3. The van der Waals surface area contributed by atoms with E-state index in [9.17, 15) is 4.79 Å². The summed E-state index contributed by atoms with van der Waals surface area (Å²) in [5.41, 5.74) is 5.50. The lowest BCUT2D eigenvalue weighted by molar-refractivity contribution is 0.0378. The molecular formula is C29H35N3O3. The smallest absolute Gasteiger partial charge is 0.342 e. The molecule has 0 saturated carbocycles. The summed E-state index contributed by atoms with van der Waals surface area (Å²) in [6.45, 7) is 12.9. The molecule has 1 saturated heterocycles. The topological polar surface area (TPSA) is 54.9 Å². The molecule has 0 atom stereocenters. The van der Waals surface area contributed by atoms with Gasteiger partial charge >= 0.3 is 5.97 Å². The second-order valence-corrected chi connectivity index (χ2v) is 9.44. The van der Waals surface area contributed by atoms with Gasteiger partial charge in [-0.15, -0.1) is 0 Å². The normalized spacial score (nSPS) is 14.3. The fraction of sp³-hybridized carbons (Fsp3) is 0.379. The highest BCUT2D eigenvalue weighted by atomic mass is 16.5. The third-order valence-electron chi connectivity index (χ3n) is 6.33. The second kappa shape index (κ2) is 11.4. The molecule has 1 fully saturated rings. The number of esters is 1. The molecule has 3 aromatic rings. The standard InChI is InChI=1S/C29H35N3O3/c1-21(2)35-29(33)27-6-5-13-30-28(27)32-16-14-31(15-17-32)19-24-8-10-25(11-9-24)20-34-26-12-7-22(3)23(4)18-26/h5-13,18,21H,14-17,19-20H2,1-4H3. The van der Waals surface area contributed by atoms with Crippen LogP contribution >= 0.6 is 0 Å². The molecule has 1 aliphatic rings. The Balaban J connectivity index is 1.28. The Kier molecular flexibility index (Phi) is 8.03. The summed E-state index contributed by atoms with van der Waals surface area (Å²) in [5.74, 6) is 1.31. The number of hydrogen-bond acceptors (Lipinski definition) is 6. The number of pyridine rings is 1. The highest BCUT2D eigenvalue weighted by molar-refractivity contribution is 5.94. The number of carbonyl (C=O) groups is 1. The van der Waals surface area contributed by atoms with Crippen molar-refractivity contribution in [1.82, 2.24) is 9.88 Å². The van der Waals surface area contributed by atoms with Gasteiger partial charge in [-0.2, -0.15) is 0 Å². The van der Waals surface area contributed by atoms with Crippen LogP contribution in [0.5, 0.6) is 5.75 Å². The van der Waals surface area contributed by atoms with Crippen LogP contribution in [0.25, 0.3) is 0 Å². The van der Waals surface area contributed by atoms with Gasteiger partial charge < -0.3 is 14.4 Å². The molecule has 0 radical (unpaired) electrons. The zero-order valence-corrected chi connectivity index (χ0v) is 21.2. The van der Waals surface area contributed by atoms with Crippen LogP contribution < -0.4 is 9.64 Å². The van der Waals surface area contributed by atoms with Crippen LogP contribution in [0.15, 0.2) is 60.8 Å². The van der Waals surface area contributed by atoms with E-state index in [2.05, 4.69) is 65.0 Å². The third kappa shape index (κ3) is 6.61. The van der Waals surface area contributed by atoms with E-state index in [0.717, 1.165) is 44.0 Å². The number of rotatable bonds is 8. The zero-order chi connectivity index (χ0) is 24.8. The van der Waals surface area contributed by atoms with Crippen molar-refractivity contribution in [3.8, 4) is 5.75 Å². The lowest BCUT2D eigenvalue weighted by atomic mass is 10.1. The third-order valence-corrected chi connectivity index (χ3v) is 6.33. The summed E-state index contributed by atoms with van der Waals surface area (Å²) < 4.78 is 11.4. The Hall–Kier alpha value is -3.38. The van der Waals surface area contributed by atoms with Crippen molar-refractivity contribution in [2.45, 2.75) is 47.0 Å². The molecule has 0 spiro atoms. The lowest BCUT2D eigenvalue weighted by Crippen LogP contribution is -2.46. The van der Waals surface area contributed by atoms with E-state index in [4.69, 9.17) is 9.47 Å². The number of hydrogen-bond donors (Lipinski definition) is 0. The van der Waals surface area contributed by atoms with Crippen LogP contribution in [0, 0.1) is 13.8 Å². The maximum atomic E-state index is 12.5. The summed E-state index contributed by atoms with van der Waals surface area (Å²) in [5, 5.41) is 0. The number of nitrogens with zero attached hydrogens (tertiary/aromatic N) is 3. The van der Waals surface area contributed by atoms with Crippen molar-refractivity contribution in [2.24, 2.45) is 0 Å². The molecule has 1 aliphatic heterocycles. The van der Waals surface area contributed by atoms with Gasteiger partial charge in [0.1, 0.15) is 23.7 Å². The maximum Gasteiger partial charge on any atom is 0.342 e. The highest BCUT2D eigenvalue weighted by Crippen LogP contribution is 2.22. The summed E-state index contributed by atoms with van der Waals surface area (Å²) >= 11 is 0. The molecule has 1 aromatic heterocycles. The van der Waals surface area contributed by atoms with E-state index in [0.29, 0.717) is 18.0 Å². The average molecular weight is 474 g/mol. The number of aromatic nitrogens is 1. The summed E-state index contributed by atoms with van der Waals surface area (Å²) in [6.07, 6.45) is 1.58. The van der Waals surface area contributed by atoms with E-state index in [1.54, 1.807) is 18.3 Å². The van der Waals surface area contributed by atoms with Crippen molar-refractivity contribution < 1.29 is 14.3 Å². The molecule has 184 valence electrons. The van der Waals surface area contributed by atoms with Crippen molar-refractivity contribution >= 4 is 11.8 Å². The first-order valence-electron chi connectivity index (χ1n) is 12.3. The highest BCUT2D eigenvalue weighted by Gasteiger charge is 2.23. The molecular weight excluding hydrogens is 438 g/mol. The number of piperazine rings is 1. The fourth-order valence-corrected chi connectivity index (χ4v) is 4.17. The van der Waals surface area contributed by atoms with Crippen LogP contribution in [-0.4, -0.2) is 48.1 Å². The Morgan fingerprint density at radius 3 is 2.34 bits per heavy atom. The van der Waals surface area contributed by atoms with Crippen LogP contribution in [0.1, 0.15) is 46.5 Å². The molecule has 4 rings (SSSR count).